The molecular weight excluding hydrogens is 391 g/mol. The van der Waals surface area contributed by atoms with E-state index in [2.05, 4.69) is 5.10 Å². The molecule has 2 rings (SSSR count). The summed E-state index contributed by atoms with van der Waals surface area (Å²) in [7, 11) is 0. The first-order valence-corrected chi connectivity index (χ1v) is 8.49. The van der Waals surface area contributed by atoms with E-state index in [1.807, 2.05) is 31.4 Å². The lowest BCUT2D eigenvalue weighted by Crippen LogP contribution is -2.58. The maximum atomic E-state index is 13.4. The van der Waals surface area contributed by atoms with Gasteiger partial charge in [-0.3, -0.25) is 0 Å². The SMILES string of the molecule is CC[C@H](C)n1c(C)c(/C=N/NC(F)(F)C(F)(F)C(F)(F)F)c2cccc(C)c21. The molecule has 1 aromatic carbocycles. The topological polar surface area (TPSA) is 29.3 Å². The number of nitrogens with zero attached hydrogens (tertiary/aromatic N) is 2. The van der Waals surface area contributed by atoms with Crippen molar-refractivity contribution in [2.45, 2.75) is 58.3 Å². The van der Waals surface area contributed by atoms with Crippen molar-refractivity contribution in [1.29, 1.82) is 0 Å². The summed E-state index contributed by atoms with van der Waals surface area (Å²) in [5.74, 6) is -6.27. The summed E-state index contributed by atoms with van der Waals surface area (Å²) in [5, 5.41) is 3.65. The molecular formula is C18H20F7N3. The summed E-state index contributed by atoms with van der Waals surface area (Å²) in [6.45, 7) is 7.48. The Kier molecular flexibility index (Phi) is 5.73. The van der Waals surface area contributed by atoms with Crippen molar-refractivity contribution < 1.29 is 30.7 Å². The van der Waals surface area contributed by atoms with Crippen LogP contribution in [0.25, 0.3) is 10.9 Å². The second-order valence-electron chi connectivity index (χ2n) is 6.61. The van der Waals surface area contributed by atoms with Gasteiger partial charge in [-0.05, 0) is 32.8 Å². The highest BCUT2D eigenvalue weighted by Crippen LogP contribution is 2.45. The number of hydrogen-bond donors (Lipinski definition) is 1. The molecule has 10 heteroatoms. The summed E-state index contributed by atoms with van der Waals surface area (Å²) in [5.41, 5.74) is 3.39. The van der Waals surface area contributed by atoms with Crippen LogP contribution in [0.15, 0.2) is 23.3 Å². The second kappa shape index (κ2) is 7.29. The highest BCUT2D eigenvalue weighted by molar-refractivity contribution is 6.02. The van der Waals surface area contributed by atoms with E-state index in [0.717, 1.165) is 23.7 Å². The van der Waals surface area contributed by atoms with Crippen molar-refractivity contribution >= 4 is 17.1 Å². The zero-order valence-corrected chi connectivity index (χ0v) is 15.6. The van der Waals surface area contributed by atoms with Crippen molar-refractivity contribution in [2.75, 3.05) is 0 Å². The van der Waals surface area contributed by atoms with E-state index in [4.69, 9.17) is 0 Å². The molecule has 0 unspecified atom stereocenters. The summed E-state index contributed by atoms with van der Waals surface area (Å²) >= 11 is 0. The molecule has 0 amide bonds. The van der Waals surface area contributed by atoms with Crippen LogP contribution in [0.2, 0.25) is 0 Å². The van der Waals surface area contributed by atoms with E-state index in [1.54, 1.807) is 19.1 Å². The predicted molar refractivity (Wildman–Crippen MR) is 93.1 cm³/mol. The predicted octanol–water partition coefficient (Wildman–Crippen LogP) is 5.94. The van der Waals surface area contributed by atoms with Crippen LogP contribution in [0.4, 0.5) is 30.7 Å². The Labute approximate surface area is 157 Å². The maximum Gasteiger partial charge on any atom is 0.462 e. The number of para-hydroxylation sites is 1. The number of aryl methyl sites for hydroxylation is 1. The summed E-state index contributed by atoms with van der Waals surface area (Å²) in [6.07, 6.45) is -4.81. The standard InChI is InChI=1S/C18H20F7N3/c1-5-11(3)28-12(4)14(13-8-6-7-10(2)15(13)28)9-26-27-18(24,25)16(19,20)17(21,22)23/h6-9,11,27H,5H2,1-4H3/b26-9+/t11-/m0/s1. The molecule has 0 aliphatic rings. The number of aromatic nitrogens is 1. The number of hydrazone groups is 1. The van der Waals surface area contributed by atoms with E-state index in [-0.39, 0.29) is 6.04 Å². The Balaban J connectivity index is 2.48. The van der Waals surface area contributed by atoms with E-state index in [9.17, 15) is 30.7 Å². The van der Waals surface area contributed by atoms with Crippen LogP contribution in [0.5, 0.6) is 0 Å². The van der Waals surface area contributed by atoms with Crippen molar-refractivity contribution in [3.8, 4) is 0 Å². The fourth-order valence-corrected chi connectivity index (χ4v) is 3.01. The van der Waals surface area contributed by atoms with Crippen LogP contribution in [0.1, 0.15) is 43.1 Å². The molecule has 0 radical (unpaired) electrons. The Morgan fingerprint density at radius 3 is 2.25 bits per heavy atom. The minimum atomic E-state index is -6.42. The molecule has 1 atom stereocenters. The Morgan fingerprint density at radius 1 is 1.11 bits per heavy atom. The van der Waals surface area contributed by atoms with Gasteiger partial charge in [0.1, 0.15) is 0 Å². The van der Waals surface area contributed by atoms with Gasteiger partial charge in [0.25, 0.3) is 0 Å². The van der Waals surface area contributed by atoms with Crippen molar-refractivity contribution in [3.63, 3.8) is 0 Å². The van der Waals surface area contributed by atoms with Crippen LogP contribution in [-0.4, -0.2) is 28.9 Å². The zero-order valence-electron chi connectivity index (χ0n) is 15.6. The molecule has 0 bridgehead atoms. The van der Waals surface area contributed by atoms with Crippen molar-refractivity contribution in [1.82, 2.24) is 9.99 Å². The molecule has 3 nitrogen and oxygen atoms in total. The molecule has 0 fully saturated rings. The summed E-state index contributed by atoms with van der Waals surface area (Å²) in [4.78, 5) is 0. The maximum absolute atomic E-state index is 13.4. The van der Waals surface area contributed by atoms with Crippen LogP contribution in [-0.2, 0) is 0 Å². The number of benzene rings is 1. The van der Waals surface area contributed by atoms with Gasteiger partial charge in [-0.15, -0.1) is 0 Å². The van der Waals surface area contributed by atoms with Crippen LogP contribution < -0.4 is 5.43 Å². The first-order chi connectivity index (χ1) is 12.8. The molecule has 0 aliphatic heterocycles. The molecule has 0 saturated carbocycles. The van der Waals surface area contributed by atoms with E-state index in [0.29, 0.717) is 22.1 Å². The molecule has 0 saturated heterocycles. The number of halogens is 7. The average Bonchev–Trinajstić information content (AvgIpc) is 2.86. The quantitative estimate of drug-likeness (QED) is 0.271. The number of fused-ring (bicyclic) bond motifs is 1. The number of hydrogen-bond acceptors (Lipinski definition) is 2. The number of alkyl halides is 7. The normalized spacial score (nSPS) is 14.8. The average molecular weight is 411 g/mol. The van der Waals surface area contributed by atoms with Gasteiger partial charge >= 0.3 is 18.1 Å². The smallest absolute Gasteiger partial charge is 0.341 e. The lowest BCUT2D eigenvalue weighted by molar-refractivity contribution is -0.361. The molecule has 1 heterocycles. The van der Waals surface area contributed by atoms with Gasteiger partial charge in [-0.1, -0.05) is 25.1 Å². The van der Waals surface area contributed by atoms with Crippen molar-refractivity contribution in [2.24, 2.45) is 5.10 Å². The minimum Gasteiger partial charge on any atom is -0.341 e. The molecule has 0 aliphatic carbocycles. The highest BCUT2D eigenvalue weighted by Gasteiger charge is 2.73. The lowest BCUT2D eigenvalue weighted by atomic mass is 10.1. The number of nitrogens with one attached hydrogen (secondary N) is 1. The van der Waals surface area contributed by atoms with Gasteiger partial charge in [0.05, 0.1) is 11.7 Å². The lowest BCUT2D eigenvalue weighted by Gasteiger charge is -2.27. The van der Waals surface area contributed by atoms with Gasteiger partial charge in [-0.25, -0.2) is 5.43 Å². The molecule has 1 N–H and O–H groups in total. The Hall–Kier alpha value is -2.26. The monoisotopic (exact) mass is 411 g/mol. The fourth-order valence-electron chi connectivity index (χ4n) is 3.01. The van der Waals surface area contributed by atoms with Gasteiger partial charge in [0, 0.05) is 22.7 Å². The minimum absolute atomic E-state index is 0.0507. The zero-order chi connectivity index (χ0) is 21.5. The van der Waals surface area contributed by atoms with Gasteiger partial charge < -0.3 is 4.57 Å². The Morgan fingerprint density at radius 2 is 1.71 bits per heavy atom. The van der Waals surface area contributed by atoms with Crippen LogP contribution in [0.3, 0.4) is 0 Å². The molecule has 0 spiro atoms. The van der Waals surface area contributed by atoms with Crippen LogP contribution in [0, 0.1) is 13.8 Å². The molecule has 2 aromatic rings. The van der Waals surface area contributed by atoms with Gasteiger partial charge in [-0.2, -0.15) is 35.8 Å². The summed E-state index contributed by atoms with van der Waals surface area (Å²) in [6, 6.07) is -0.249. The first-order valence-electron chi connectivity index (χ1n) is 8.49. The van der Waals surface area contributed by atoms with E-state index in [1.165, 1.54) is 0 Å². The largest absolute Gasteiger partial charge is 0.462 e. The van der Waals surface area contributed by atoms with Crippen molar-refractivity contribution in [3.05, 3.63) is 35.0 Å². The van der Waals surface area contributed by atoms with E-state index < -0.39 is 18.1 Å². The van der Waals surface area contributed by atoms with E-state index >= 15 is 0 Å². The Bertz CT molecular complexity index is 881. The van der Waals surface area contributed by atoms with Gasteiger partial charge in [0.2, 0.25) is 0 Å². The van der Waals surface area contributed by atoms with Crippen LogP contribution >= 0.6 is 0 Å². The third-order valence-electron chi connectivity index (χ3n) is 4.70. The molecule has 156 valence electrons. The first kappa shape index (κ1) is 22.0. The summed E-state index contributed by atoms with van der Waals surface area (Å²) < 4.78 is 91.2. The van der Waals surface area contributed by atoms with Gasteiger partial charge in [0.15, 0.2) is 0 Å². The third kappa shape index (κ3) is 3.56. The second-order valence-corrected chi connectivity index (χ2v) is 6.61. The highest BCUT2D eigenvalue weighted by atomic mass is 19.4. The third-order valence-corrected chi connectivity index (χ3v) is 4.70. The number of rotatable bonds is 6. The fraction of sp³-hybridized carbons (Fsp3) is 0.500. The molecule has 1 aromatic heterocycles. The molecule has 28 heavy (non-hydrogen) atoms.